The van der Waals surface area contributed by atoms with Crippen molar-refractivity contribution >= 4 is 49.6 Å². The molecule has 1 aromatic heterocycles. The number of anilines is 1. The summed E-state index contributed by atoms with van der Waals surface area (Å²) < 4.78 is 28.5. The molecule has 0 aliphatic rings. The summed E-state index contributed by atoms with van der Waals surface area (Å²) >= 11 is 3.46. The molecule has 7 heteroatoms. The Hall–Kier alpha value is -0.640. The highest BCUT2D eigenvalue weighted by Crippen LogP contribution is 2.24. The van der Waals surface area contributed by atoms with E-state index in [4.69, 9.17) is 0 Å². The molecule has 2 aromatic rings. The molecule has 0 amide bonds. The summed E-state index contributed by atoms with van der Waals surface area (Å²) in [6, 6.07) is 10.8. The Bertz CT molecular complexity index is 683. The van der Waals surface area contributed by atoms with Gasteiger partial charge in [0.2, 0.25) is 0 Å². The molecule has 2 N–H and O–H groups in total. The fraction of sp³-hybridized carbons (Fsp3) is 0.231. The standard InChI is InChI=1S/C13H15IN2O2S2/c1-15-8-7-12-5-6-13(19-12)20(17,18)16-11-4-2-3-10(14)9-11/h2-6,9,15-16H,7-8H2,1H3. The average Bonchev–Trinajstić information content (AvgIpc) is 2.85. The van der Waals surface area contributed by atoms with Crippen LogP contribution in [0.1, 0.15) is 4.88 Å². The Morgan fingerprint density at radius 1 is 1.25 bits per heavy atom. The van der Waals surface area contributed by atoms with Gasteiger partial charge in [0.1, 0.15) is 4.21 Å². The summed E-state index contributed by atoms with van der Waals surface area (Å²) in [5.41, 5.74) is 0.585. The Labute approximate surface area is 136 Å². The minimum absolute atomic E-state index is 0.350. The fourth-order valence-corrected chi connectivity index (χ4v) is 4.59. The highest BCUT2D eigenvalue weighted by Gasteiger charge is 2.16. The average molecular weight is 422 g/mol. The lowest BCUT2D eigenvalue weighted by molar-refractivity contribution is 0.603. The minimum Gasteiger partial charge on any atom is -0.319 e. The Kier molecular flexibility index (Phi) is 5.42. The summed E-state index contributed by atoms with van der Waals surface area (Å²) in [7, 11) is -1.61. The Balaban J connectivity index is 2.16. The van der Waals surface area contributed by atoms with Crippen molar-refractivity contribution in [1.29, 1.82) is 0 Å². The number of nitrogens with one attached hydrogen (secondary N) is 2. The maximum atomic E-state index is 12.3. The van der Waals surface area contributed by atoms with Gasteiger partial charge in [0.25, 0.3) is 10.0 Å². The van der Waals surface area contributed by atoms with E-state index in [2.05, 4.69) is 32.6 Å². The molecule has 0 bridgehead atoms. The molecule has 0 saturated heterocycles. The molecule has 1 heterocycles. The molecule has 108 valence electrons. The van der Waals surface area contributed by atoms with Gasteiger partial charge in [-0.2, -0.15) is 0 Å². The van der Waals surface area contributed by atoms with Crippen LogP contribution in [-0.2, 0) is 16.4 Å². The fourth-order valence-electron chi connectivity index (χ4n) is 1.64. The van der Waals surface area contributed by atoms with Crippen LogP contribution in [0.4, 0.5) is 5.69 Å². The van der Waals surface area contributed by atoms with E-state index >= 15 is 0 Å². The van der Waals surface area contributed by atoms with Crippen LogP contribution in [-0.4, -0.2) is 22.0 Å². The summed E-state index contributed by atoms with van der Waals surface area (Å²) in [4.78, 5) is 1.06. The zero-order valence-corrected chi connectivity index (χ0v) is 14.7. The lowest BCUT2D eigenvalue weighted by Gasteiger charge is -2.06. The molecular weight excluding hydrogens is 407 g/mol. The van der Waals surface area contributed by atoms with E-state index in [0.717, 1.165) is 21.4 Å². The number of sulfonamides is 1. The van der Waals surface area contributed by atoms with Crippen molar-refractivity contribution in [1.82, 2.24) is 5.32 Å². The third-order valence-corrected chi connectivity index (χ3v) is 6.29. The van der Waals surface area contributed by atoms with Crippen LogP contribution < -0.4 is 10.0 Å². The van der Waals surface area contributed by atoms with Crippen molar-refractivity contribution in [3.05, 3.63) is 44.8 Å². The molecule has 20 heavy (non-hydrogen) atoms. The number of thiophene rings is 1. The smallest absolute Gasteiger partial charge is 0.271 e. The monoisotopic (exact) mass is 422 g/mol. The van der Waals surface area contributed by atoms with E-state index in [1.165, 1.54) is 11.3 Å². The highest BCUT2D eigenvalue weighted by molar-refractivity contribution is 14.1. The molecule has 2 rings (SSSR count). The van der Waals surface area contributed by atoms with Gasteiger partial charge in [-0.25, -0.2) is 8.42 Å². The van der Waals surface area contributed by atoms with Gasteiger partial charge >= 0.3 is 0 Å². The third kappa shape index (κ3) is 4.18. The SMILES string of the molecule is CNCCc1ccc(S(=O)(=O)Nc2cccc(I)c2)s1. The molecule has 1 aromatic carbocycles. The van der Waals surface area contributed by atoms with Crippen molar-refractivity contribution in [2.45, 2.75) is 10.6 Å². The van der Waals surface area contributed by atoms with E-state index in [0.29, 0.717) is 9.90 Å². The van der Waals surface area contributed by atoms with Gasteiger partial charge in [-0.15, -0.1) is 11.3 Å². The van der Waals surface area contributed by atoms with Crippen LogP contribution in [0.15, 0.2) is 40.6 Å². The predicted molar refractivity (Wildman–Crippen MR) is 91.9 cm³/mol. The van der Waals surface area contributed by atoms with Crippen LogP contribution >= 0.6 is 33.9 Å². The lowest BCUT2D eigenvalue weighted by Crippen LogP contribution is -2.11. The Morgan fingerprint density at radius 2 is 2.05 bits per heavy atom. The Morgan fingerprint density at radius 3 is 2.75 bits per heavy atom. The molecule has 0 atom stereocenters. The first-order valence-corrected chi connectivity index (χ1v) is 9.41. The summed E-state index contributed by atoms with van der Waals surface area (Å²) in [6.07, 6.45) is 0.833. The first-order chi connectivity index (χ1) is 9.51. The van der Waals surface area contributed by atoms with E-state index < -0.39 is 10.0 Å². The van der Waals surface area contributed by atoms with Gasteiger partial charge in [0.15, 0.2) is 0 Å². The molecule has 0 unspecified atom stereocenters. The van der Waals surface area contributed by atoms with Gasteiger partial charge < -0.3 is 5.32 Å². The third-order valence-electron chi connectivity index (χ3n) is 2.60. The number of halogens is 1. The maximum absolute atomic E-state index is 12.3. The topological polar surface area (TPSA) is 58.2 Å². The van der Waals surface area contributed by atoms with Gasteiger partial charge in [0, 0.05) is 14.1 Å². The van der Waals surface area contributed by atoms with Crippen molar-refractivity contribution < 1.29 is 8.42 Å². The minimum atomic E-state index is -3.49. The van der Waals surface area contributed by atoms with E-state index in [-0.39, 0.29) is 0 Å². The molecular formula is C13H15IN2O2S2. The van der Waals surface area contributed by atoms with E-state index in [1.54, 1.807) is 18.2 Å². The van der Waals surface area contributed by atoms with Crippen LogP contribution in [0, 0.1) is 3.57 Å². The molecule has 0 spiro atoms. The van der Waals surface area contributed by atoms with Gasteiger partial charge in [-0.05, 0) is 72.9 Å². The maximum Gasteiger partial charge on any atom is 0.271 e. The van der Waals surface area contributed by atoms with Crippen molar-refractivity contribution in [3.8, 4) is 0 Å². The summed E-state index contributed by atoms with van der Waals surface area (Å²) in [5.74, 6) is 0. The molecule has 0 aliphatic heterocycles. The van der Waals surface area contributed by atoms with Gasteiger partial charge in [-0.3, -0.25) is 4.72 Å². The van der Waals surface area contributed by atoms with Crippen molar-refractivity contribution in [2.75, 3.05) is 18.3 Å². The second kappa shape index (κ2) is 6.88. The zero-order chi connectivity index (χ0) is 14.6. The second-order valence-electron chi connectivity index (χ2n) is 4.19. The number of likely N-dealkylation sites (N-methyl/N-ethyl adjacent to an activating group) is 1. The highest BCUT2D eigenvalue weighted by atomic mass is 127. The number of rotatable bonds is 6. The summed E-state index contributed by atoms with van der Waals surface area (Å²) in [6.45, 7) is 0.838. The number of benzene rings is 1. The van der Waals surface area contributed by atoms with Crippen LogP contribution in [0.3, 0.4) is 0 Å². The molecule has 0 radical (unpaired) electrons. The number of hydrogen-bond acceptors (Lipinski definition) is 4. The zero-order valence-electron chi connectivity index (χ0n) is 10.9. The normalized spacial score (nSPS) is 11.5. The predicted octanol–water partition coefficient (Wildman–Crippen LogP) is 2.92. The van der Waals surface area contributed by atoms with E-state index in [9.17, 15) is 8.42 Å². The van der Waals surface area contributed by atoms with Crippen molar-refractivity contribution in [3.63, 3.8) is 0 Å². The molecule has 0 fully saturated rings. The molecule has 4 nitrogen and oxygen atoms in total. The molecule has 0 aliphatic carbocycles. The van der Waals surface area contributed by atoms with Crippen LogP contribution in [0.25, 0.3) is 0 Å². The quantitative estimate of drug-likeness (QED) is 0.704. The first kappa shape index (κ1) is 15.7. The van der Waals surface area contributed by atoms with Crippen molar-refractivity contribution in [2.24, 2.45) is 0 Å². The first-order valence-electron chi connectivity index (χ1n) is 6.03. The number of hydrogen-bond donors (Lipinski definition) is 2. The van der Waals surface area contributed by atoms with Gasteiger partial charge in [0.05, 0.1) is 0 Å². The lowest BCUT2D eigenvalue weighted by atomic mass is 10.3. The second-order valence-corrected chi connectivity index (χ2v) is 8.51. The summed E-state index contributed by atoms with van der Waals surface area (Å²) in [5, 5.41) is 3.05. The van der Waals surface area contributed by atoms with E-state index in [1.807, 2.05) is 25.2 Å². The van der Waals surface area contributed by atoms with Gasteiger partial charge in [-0.1, -0.05) is 6.07 Å². The van der Waals surface area contributed by atoms with Crippen LogP contribution in [0.5, 0.6) is 0 Å². The molecule has 0 saturated carbocycles. The largest absolute Gasteiger partial charge is 0.319 e. The van der Waals surface area contributed by atoms with Crippen LogP contribution in [0.2, 0.25) is 0 Å².